The Balaban J connectivity index is 1.80. The molecule has 0 aliphatic heterocycles. The van der Waals surface area contributed by atoms with Crippen LogP contribution in [0.1, 0.15) is 23.7 Å². The van der Waals surface area contributed by atoms with E-state index < -0.39 is 0 Å². The minimum atomic E-state index is -0.379. The van der Waals surface area contributed by atoms with E-state index in [1.165, 1.54) is 0 Å². The number of benzene rings is 1. The van der Waals surface area contributed by atoms with Crippen LogP contribution < -0.4 is 4.74 Å². The van der Waals surface area contributed by atoms with Crippen LogP contribution in [0.25, 0.3) is 5.65 Å². The summed E-state index contributed by atoms with van der Waals surface area (Å²) in [5, 5.41) is 0. The molecular weight excluding hydrogens is 344 g/mol. The number of pyridine rings is 1. The third-order valence-corrected chi connectivity index (χ3v) is 3.83. The number of hydrogen-bond acceptors (Lipinski definition) is 5. The Hall–Kier alpha value is -3.30. The summed E-state index contributed by atoms with van der Waals surface area (Å²) < 4.78 is 17.5. The number of nitrogens with zero attached hydrogens (tertiary/aromatic N) is 2. The number of imidazole rings is 1. The van der Waals surface area contributed by atoms with Crippen LogP contribution in [-0.4, -0.2) is 35.7 Å². The molecule has 0 saturated heterocycles. The predicted octanol–water partition coefficient (Wildman–Crippen LogP) is 2.82. The van der Waals surface area contributed by atoms with Gasteiger partial charge in [-0.3, -0.25) is 4.40 Å². The molecule has 3 rings (SSSR count). The van der Waals surface area contributed by atoms with Gasteiger partial charge in [-0.25, -0.2) is 9.78 Å². The Morgan fingerprint density at radius 3 is 2.85 bits per heavy atom. The van der Waals surface area contributed by atoms with E-state index >= 15 is 0 Å². The Bertz CT molecular complexity index is 998. The molecule has 6 nitrogen and oxygen atoms in total. The van der Waals surface area contributed by atoms with Gasteiger partial charge in [0.2, 0.25) is 0 Å². The van der Waals surface area contributed by atoms with E-state index in [1.54, 1.807) is 20.2 Å². The molecule has 0 unspecified atom stereocenters. The number of carbonyl (C=O) groups is 1. The molecule has 0 atom stereocenters. The summed E-state index contributed by atoms with van der Waals surface area (Å²) >= 11 is 0. The molecule has 1 aromatic carbocycles. The van der Waals surface area contributed by atoms with Crippen LogP contribution in [0.4, 0.5) is 0 Å². The van der Waals surface area contributed by atoms with Crippen LogP contribution in [0, 0.1) is 11.8 Å². The van der Waals surface area contributed by atoms with Gasteiger partial charge in [0.15, 0.2) is 0 Å². The second-order valence-electron chi connectivity index (χ2n) is 5.62. The minimum absolute atomic E-state index is 0.0872. The molecule has 0 saturated carbocycles. The van der Waals surface area contributed by atoms with Gasteiger partial charge in [0.1, 0.15) is 23.7 Å². The first-order valence-corrected chi connectivity index (χ1v) is 8.56. The van der Waals surface area contributed by atoms with Crippen molar-refractivity contribution in [2.24, 2.45) is 0 Å². The van der Waals surface area contributed by atoms with E-state index in [-0.39, 0.29) is 19.2 Å². The molecule has 0 bridgehead atoms. The van der Waals surface area contributed by atoms with Crippen molar-refractivity contribution < 1.29 is 19.0 Å². The normalized spacial score (nSPS) is 10.3. The van der Waals surface area contributed by atoms with E-state index in [1.807, 2.05) is 47.0 Å². The molecule has 27 heavy (non-hydrogen) atoms. The first kappa shape index (κ1) is 18.5. The lowest BCUT2D eigenvalue weighted by Crippen LogP contribution is -2.12. The molecule has 0 amide bonds. The second kappa shape index (κ2) is 8.88. The molecule has 0 radical (unpaired) electrons. The zero-order valence-electron chi connectivity index (χ0n) is 15.3. The predicted molar refractivity (Wildman–Crippen MR) is 100 cm³/mol. The van der Waals surface area contributed by atoms with E-state index in [2.05, 4.69) is 16.8 Å². The van der Waals surface area contributed by atoms with Gasteiger partial charge in [0.05, 0.1) is 32.1 Å². The Kier molecular flexibility index (Phi) is 6.08. The number of methoxy groups -OCH3 is 1. The van der Waals surface area contributed by atoms with Crippen molar-refractivity contribution in [3.05, 3.63) is 65.6 Å². The molecule has 3 aromatic rings. The largest absolute Gasteiger partial charge is 0.495 e. The highest BCUT2D eigenvalue weighted by Gasteiger charge is 2.08. The fourth-order valence-electron chi connectivity index (χ4n) is 2.60. The summed E-state index contributed by atoms with van der Waals surface area (Å²) in [6.45, 7) is 2.28. The van der Waals surface area contributed by atoms with Gasteiger partial charge in [-0.05, 0) is 31.0 Å². The number of aromatic nitrogens is 2. The molecular formula is C21H20N2O4. The van der Waals surface area contributed by atoms with Crippen molar-refractivity contribution in [2.45, 2.75) is 13.5 Å². The maximum Gasteiger partial charge on any atom is 0.332 e. The summed E-state index contributed by atoms with van der Waals surface area (Å²) in [4.78, 5) is 15.8. The lowest BCUT2D eigenvalue weighted by molar-refractivity contribution is -0.148. The Morgan fingerprint density at radius 1 is 1.19 bits per heavy atom. The number of hydrogen-bond donors (Lipinski definition) is 0. The molecule has 0 fully saturated rings. The van der Waals surface area contributed by atoms with Crippen molar-refractivity contribution >= 4 is 11.6 Å². The third kappa shape index (κ3) is 4.46. The number of fused-ring (bicyclic) bond motifs is 1. The molecule has 138 valence electrons. The van der Waals surface area contributed by atoms with Crippen LogP contribution in [0.2, 0.25) is 0 Å². The van der Waals surface area contributed by atoms with Gasteiger partial charge in [0.25, 0.3) is 0 Å². The van der Waals surface area contributed by atoms with Gasteiger partial charge >= 0.3 is 5.97 Å². The van der Waals surface area contributed by atoms with Gasteiger partial charge in [-0.1, -0.05) is 24.1 Å². The van der Waals surface area contributed by atoms with E-state index in [9.17, 15) is 4.79 Å². The number of ether oxygens (including phenoxy) is 3. The lowest BCUT2D eigenvalue weighted by atomic mass is 10.2. The molecule has 2 heterocycles. The van der Waals surface area contributed by atoms with Gasteiger partial charge < -0.3 is 14.2 Å². The average Bonchev–Trinajstić information content (AvgIpc) is 3.11. The van der Waals surface area contributed by atoms with Gasteiger partial charge in [-0.15, -0.1) is 0 Å². The fraction of sp³-hybridized carbons (Fsp3) is 0.238. The van der Waals surface area contributed by atoms with Crippen molar-refractivity contribution in [3.8, 4) is 17.6 Å². The summed E-state index contributed by atoms with van der Waals surface area (Å²) in [7, 11) is 1.62. The first-order valence-electron chi connectivity index (χ1n) is 8.56. The van der Waals surface area contributed by atoms with Gasteiger partial charge in [-0.2, -0.15) is 0 Å². The Labute approximate surface area is 157 Å². The van der Waals surface area contributed by atoms with E-state index in [0.717, 1.165) is 28.2 Å². The highest BCUT2D eigenvalue weighted by Crippen LogP contribution is 2.17. The van der Waals surface area contributed by atoms with Crippen LogP contribution in [0.5, 0.6) is 5.75 Å². The lowest BCUT2D eigenvalue weighted by Gasteiger charge is -2.06. The Morgan fingerprint density at radius 2 is 2.04 bits per heavy atom. The standard InChI is InChI=1S/C21H20N2O4/c1-3-27-20(24)15-26-14-17-8-6-12-23-18(13-22-21(17)23)11-10-16-7-4-5-9-19(16)25-2/h4-9,12-13H,3,14-15H2,1-2H3. The smallest absolute Gasteiger partial charge is 0.332 e. The number of rotatable bonds is 6. The highest BCUT2D eigenvalue weighted by atomic mass is 16.6. The van der Waals surface area contributed by atoms with Crippen molar-refractivity contribution in [3.63, 3.8) is 0 Å². The molecule has 0 spiro atoms. The highest BCUT2D eigenvalue weighted by molar-refractivity contribution is 5.70. The molecule has 0 aliphatic rings. The summed E-state index contributed by atoms with van der Waals surface area (Å²) in [5.74, 6) is 6.60. The van der Waals surface area contributed by atoms with Crippen LogP contribution in [0.3, 0.4) is 0 Å². The van der Waals surface area contributed by atoms with E-state index in [0.29, 0.717) is 6.61 Å². The van der Waals surface area contributed by atoms with Crippen LogP contribution in [0.15, 0.2) is 48.8 Å². The maximum atomic E-state index is 11.4. The topological polar surface area (TPSA) is 62.1 Å². The van der Waals surface area contributed by atoms with E-state index in [4.69, 9.17) is 14.2 Å². The van der Waals surface area contributed by atoms with Crippen molar-refractivity contribution in [1.82, 2.24) is 9.38 Å². The fourth-order valence-corrected chi connectivity index (χ4v) is 2.60. The zero-order chi connectivity index (χ0) is 19.1. The average molecular weight is 364 g/mol. The zero-order valence-corrected chi connectivity index (χ0v) is 15.3. The second-order valence-corrected chi connectivity index (χ2v) is 5.62. The summed E-state index contributed by atoms with van der Waals surface area (Å²) in [5.41, 5.74) is 3.17. The first-order chi connectivity index (χ1) is 13.2. The molecule has 0 aliphatic carbocycles. The number of para-hydroxylation sites is 1. The quantitative estimate of drug-likeness (QED) is 0.497. The number of esters is 1. The number of carbonyl (C=O) groups excluding carboxylic acids is 1. The maximum absolute atomic E-state index is 11.4. The SMILES string of the molecule is CCOC(=O)COCc1cccn2c(C#Cc3ccccc3OC)cnc12. The molecule has 2 aromatic heterocycles. The van der Waals surface area contributed by atoms with Gasteiger partial charge in [0, 0.05) is 11.8 Å². The monoisotopic (exact) mass is 364 g/mol. The van der Waals surface area contributed by atoms with Crippen molar-refractivity contribution in [2.75, 3.05) is 20.3 Å². The third-order valence-electron chi connectivity index (χ3n) is 3.83. The van der Waals surface area contributed by atoms with Crippen LogP contribution in [-0.2, 0) is 20.9 Å². The molecule has 6 heteroatoms. The summed E-state index contributed by atoms with van der Waals surface area (Å²) in [6.07, 6.45) is 3.61. The molecule has 0 N–H and O–H groups in total. The minimum Gasteiger partial charge on any atom is -0.495 e. The summed E-state index contributed by atoms with van der Waals surface area (Å²) in [6, 6.07) is 11.4. The van der Waals surface area contributed by atoms with Crippen molar-refractivity contribution in [1.29, 1.82) is 0 Å². The van der Waals surface area contributed by atoms with Crippen LogP contribution >= 0.6 is 0 Å².